The van der Waals surface area contributed by atoms with Crippen molar-refractivity contribution in [3.05, 3.63) is 0 Å². The molecule has 0 heterocycles. The Morgan fingerprint density at radius 2 is 2.07 bits per heavy atom. The fraction of sp³-hybridized carbons (Fsp3) is 0.909. The lowest BCUT2D eigenvalue weighted by molar-refractivity contribution is 0.122. The molecule has 0 saturated heterocycles. The number of nitrogens with one attached hydrogen (secondary N) is 1. The van der Waals surface area contributed by atoms with Gasteiger partial charge in [-0.05, 0) is 31.6 Å². The van der Waals surface area contributed by atoms with Gasteiger partial charge in [0.15, 0.2) is 0 Å². The van der Waals surface area contributed by atoms with Gasteiger partial charge in [-0.3, -0.25) is 0 Å². The van der Waals surface area contributed by atoms with Gasteiger partial charge < -0.3 is 15.2 Å². The molecule has 0 aromatic rings. The van der Waals surface area contributed by atoms with E-state index in [2.05, 4.69) is 5.32 Å². The summed E-state index contributed by atoms with van der Waals surface area (Å²) in [5, 5.41) is 11.9. The molecule has 0 aliphatic heterocycles. The molecule has 2 atom stereocenters. The van der Waals surface area contributed by atoms with Gasteiger partial charge in [-0.2, -0.15) is 0 Å². The molecular weight excluding hydrogens is 194 g/mol. The van der Waals surface area contributed by atoms with Gasteiger partial charge >= 0.3 is 6.09 Å². The van der Waals surface area contributed by atoms with Gasteiger partial charge in [0, 0.05) is 13.2 Å². The van der Waals surface area contributed by atoms with E-state index >= 15 is 0 Å². The van der Waals surface area contributed by atoms with E-state index in [1.165, 1.54) is 12.8 Å². The number of ether oxygens (including phenoxy) is 1. The number of hydrogen-bond acceptors (Lipinski definition) is 3. The van der Waals surface area contributed by atoms with Crippen molar-refractivity contribution in [3.63, 3.8) is 0 Å². The molecule has 1 rings (SSSR count). The lowest BCUT2D eigenvalue weighted by Gasteiger charge is -2.30. The molecule has 0 bridgehead atoms. The first-order valence-corrected chi connectivity index (χ1v) is 5.79. The average Bonchev–Trinajstić information content (AvgIpc) is 2.27. The van der Waals surface area contributed by atoms with Crippen LogP contribution in [0.1, 0.15) is 32.6 Å². The molecule has 2 unspecified atom stereocenters. The Labute approximate surface area is 91.0 Å². The van der Waals surface area contributed by atoms with E-state index in [-0.39, 0.29) is 12.7 Å². The van der Waals surface area contributed by atoms with Crippen LogP contribution in [0, 0.1) is 11.8 Å². The molecule has 1 amide bonds. The fourth-order valence-corrected chi connectivity index (χ4v) is 2.19. The van der Waals surface area contributed by atoms with E-state index in [4.69, 9.17) is 4.74 Å². The number of aliphatic hydroxyl groups is 1. The molecule has 88 valence electrons. The van der Waals surface area contributed by atoms with E-state index in [9.17, 15) is 9.90 Å². The van der Waals surface area contributed by atoms with Crippen LogP contribution in [0.15, 0.2) is 0 Å². The fourth-order valence-electron chi connectivity index (χ4n) is 2.19. The maximum atomic E-state index is 11.1. The standard InChI is InChI=1S/C11H21NO3/c1-2-15-11(14)12-7-9-5-3-4-6-10(9)8-13/h9-10,13H,2-8H2,1H3,(H,12,14). The zero-order chi connectivity index (χ0) is 11.1. The number of carbonyl (C=O) groups excluding carboxylic acids is 1. The maximum absolute atomic E-state index is 11.1. The highest BCUT2D eigenvalue weighted by molar-refractivity contribution is 5.67. The zero-order valence-electron chi connectivity index (χ0n) is 9.37. The van der Waals surface area contributed by atoms with Crippen molar-refractivity contribution in [2.45, 2.75) is 32.6 Å². The first-order valence-electron chi connectivity index (χ1n) is 5.79. The summed E-state index contributed by atoms with van der Waals surface area (Å²) in [6.45, 7) is 3.05. The minimum absolute atomic E-state index is 0.231. The van der Waals surface area contributed by atoms with Gasteiger partial charge in [-0.1, -0.05) is 12.8 Å². The van der Waals surface area contributed by atoms with Crippen LogP contribution in [-0.2, 0) is 4.74 Å². The van der Waals surface area contributed by atoms with Crippen molar-refractivity contribution in [1.82, 2.24) is 5.32 Å². The molecule has 0 aromatic carbocycles. The summed E-state index contributed by atoms with van der Waals surface area (Å²) in [5.74, 6) is 0.758. The Balaban J connectivity index is 2.26. The van der Waals surface area contributed by atoms with E-state index in [0.29, 0.717) is 25.0 Å². The monoisotopic (exact) mass is 215 g/mol. The third-order valence-corrected chi connectivity index (χ3v) is 3.09. The summed E-state index contributed by atoms with van der Waals surface area (Å²) in [6.07, 6.45) is 4.22. The largest absolute Gasteiger partial charge is 0.450 e. The second-order valence-corrected chi connectivity index (χ2v) is 4.09. The van der Waals surface area contributed by atoms with Crippen LogP contribution in [0.2, 0.25) is 0 Å². The number of carbonyl (C=O) groups is 1. The highest BCUT2D eigenvalue weighted by Crippen LogP contribution is 2.28. The number of alkyl carbamates (subject to hydrolysis) is 1. The molecule has 15 heavy (non-hydrogen) atoms. The van der Waals surface area contributed by atoms with Crippen LogP contribution in [0.3, 0.4) is 0 Å². The van der Waals surface area contributed by atoms with Crippen LogP contribution in [0.25, 0.3) is 0 Å². The molecule has 1 saturated carbocycles. The summed E-state index contributed by atoms with van der Waals surface area (Å²) in [4.78, 5) is 11.1. The molecular formula is C11H21NO3. The summed E-state index contributed by atoms with van der Waals surface area (Å²) in [6, 6.07) is 0. The number of amides is 1. The predicted octanol–water partition coefficient (Wildman–Crippen LogP) is 1.53. The molecule has 4 nitrogen and oxygen atoms in total. The van der Waals surface area contributed by atoms with Gasteiger partial charge in [-0.15, -0.1) is 0 Å². The van der Waals surface area contributed by atoms with Crippen LogP contribution in [-0.4, -0.2) is 31.0 Å². The smallest absolute Gasteiger partial charge is 0.407 e. The van der Waals surface area contributed by atoms with Crippen molar-refractivity contribution < 1.29 is 14.6 Å². The van der Waals surface area contributed by atoms with E-state index < -0.39 is 0 Å². The third-order valence-electron chi connectivity index (χ3n) is 3.09. The van der Waals surface area contributed by atoms with Crippen molar-refractivity contribution >= 4 is 6.09 Å². The van der Waals surface area contributed by atoms with Crippen LogP contribution >= 0.6 is 0 Å². The Morgan fingerprint density at radius 3 is 2.67 bits per heavy atom. The molecule has 0 spiro atoms. The SMILES string of the molecule is CCOC(=O)NCC1CCCCC1CO. The molecule has 1 aliphatic rings. The van der Waals surface area contributed by atoms with Crippen molar-refractivity contribution in [3.8, 4) is 0 Å². The van der Waals surface area contributed by atoms with Gasteiger partial charge in [-0.25, -0.2) is 4.79 Å². The predicted molar refractivity (Wildman–Crippen MR) is 57.6 cm³/mol. The van der Waals surface area contributed by atoms with E-state index in [0.717, 1.165) is 12.8 Å². The summed E-state index contributed by atoms with van der Waals surface area (Å²) in [7, 11) is 0. The van der Waals surface area contributed by atoms with Crippen molar-refractivity contribution in [2.75, 3.05) is 19.8 Å². The van der Waals surface area contributed by atoms with Gasteiger partial charge in [0.1, 0.15) is 0 Å². The Morgan fingerprint density at radius 1 is 1.40 bits per heavy atom. The molecule has 1 aliphatic carbocycles. The summed E-state index contributed by atoms with van der Waals surface area (Å²) in [5.41, 5.74) is 0. The average molecular weight is 215 g/mol. The van der Waals surface area contributed by atoms with Crippen molar-refractivity contribution in [1.29, 1.82) is 0 Å². The maximum Gasteiger partial charge on any atom is 0.407 e. The van der Waals surface area contributed by atoms with Gasteiger partial charge in [0.25, 0.3) is 0 Å². The lowest BCUT2D eigenvalue weighted by atomic mass is 9.80. The number of aliphatic hydroxyl groups excluding tert-OH is 1. The highest BCUT2D eigenvalue weighted by Gasteiger charge is 2.24. The normalized spacial score (nSPS) is 26.0. The molecule has 0 aromatic heterocycles. The summed E-state index contributed by atoms with van der Waals surface area (Å²) < 4.78 is 4.79. The quantitative estimate of drug-likeness (QED) is 0.747. The molecule has 1 fully saturated rings. The first-order chi connectivity index (χ1) is 7.27. The number of hydrogen-bond donors (Lipinski definition) is 2. The third kappa shape index (κ3) is 4.08. The minimum atomic E-state index is -0.347. The first kappa shape index (κ1) is 12.3. The topological polar surface area (TPSA) is 58.6 Å². The molecule has 2 N–H and O–H groups in total. The Bertz CT molecular complexity index is 196. The second kappa shape index (κ2) is 6.67. The lowest BCUT2D eigenvalue weighted by Crippen LogP contribution is -2.35. The van der Waals surface area contributed by atoms with Crippen LogP contribution in [0.4, 0.5) is 4.79 Å². The van der Waals surface area contributed by atoms with Crippen LogP contribution in [0.5, 0.6) is 0 Å². The summed E-state index contributed by atoms with van der Waals surface area (Å²) >= 11 is 0. The van der Waals surface area contributed by atoms with E-state index in [1.54, 1.807) is 6.92 Å². The van der Waals surface area contributed by atoms with Crippen molar-refractivity contribution in [2.24, 2.45) is 11.8 Å². The number of rotatable bonds is 4. The Hall–Kier alpha value is -0.770. The van der Waals surface area contributed by atoms with E-state index in [1.807, 2.05) is 0 Å². The Kier molecular flexibility index (Phi) is 5.47. The van der Waals surface area contributed by atoms with Gasteiger partial charge in [0.2, 0.25) is 0 Å². The second-order valence-electron chi connectivity index (χ2n) is 4.09. The molecule has 0 radical (unpaired) electrons. The minimum Gasteiger partial charge on any atom is -0.450 e. The molecule has 4 heteroatoms. The van der Waals surface area contributed by atoms with Crippen LogP contribution < -0.4 is 5.32 Å². The van der Waals surface area contributed by atoms with Gasteiger partial charge in [0.05, 0.1) is 6.61 Å². The highest BCUT2D eigenvalue weighted by atomic mass is 16.5. The zero-order valence-corrected chi connectivity index (χ0v) is 9.37.